The molecule has 1 fully saturated rings. The van der Waals surface area contributed by atoms with Gasteiger partial charge in [-0.15, -0.1) is 0 Å². The molecule has 0 bridgehead atoms. The average molecular weight is 228 g/mol. The van der Waals surface area contributed by atoms with Gasteiger partial charge in [-0.1, -0.05) is 0 Å². The van der Waals surface area contributed by atoms with Crippen molar-refractivity contribution < 1.29 is 9.53 Å². The molecule has 1 aliphatic rings. The summed E-state index contributed by atoms with van der Waals surface area (Å²) in [5, 5.41) is 2.93. The van der Waals surface area contributed by atoms with Crippen molar-refractivity contribution >= 4 is 5.91 Å². The lowest BCUT2D eigenvalue weighted by atomic mass is 9.74. The van der Waals surface area contributed by atoms with E-state index in [0.717, 1.165) is 19.4 Å². The van der Waals surface area contributed by atoms with Crippen LogP contribution in [0, 0.1) is 5.41 Å². The third-order valence-corrected chi connectivity index (χ3v) is 3.69. The first-order valence-corrected chi connectivity index (χ1v) is 5.94. The fraction of sp³-hybridized carbons (Fsp3) is 0.917. The predicted octanol–water partition coefficient (Wildman–Crippen LogP) is 1.05. The molecule has 0 aromatic carbocycles. The Morgan fingerprint density at radius 2 is 2.06 bits per heavy atom. The highest BCUT2D eigenvalue weighted by Crippen LogP contribution is 2.28. The van der Waals surface area contributed by atoms with E-state index in [-0.39, 0.29) is 12.0 Å². The van der Waals surface area contributed by atoms with Gasteiger partial charge in [-0.3, -0.25) is 4.79 Å². The SMILES string of the molecule is CC(C)(N)C(C)(C)C(=O)NCC1CCCO1. The van der Waals surface area contributed by atoms with Gasteiger partial charge in [0.15, 0.2) is 0 Å². The number of hydrogen-bond donors (Lipinski definition) is 2. The zero-order valence-corrected chi connectivity index (χ0v) is 10.8. The molecule has 1 atom stereocenters. The lowest BCUT2D eigenvalue weighted by molar-refractivity contribution is -0.132. The van der Waals surface area contributed by atoms with Crippen molar-refractivity contribution in [2.75, 3.05) is 13.2 Å². The molecule has 0 radical (unpaired) electrons. The number of ether oxygens (including phenoxy) is 1. The highest BCUT2D eigenvalue weighted by molar-refractivity contribution is 5.83. The van der Waals surface area contributed by atoms with Gasteiger partial charge in [0, 0.05) is 18.7 Å². The summed E-state index contributed by atoms with van der Waals surface area (Å²) in [6.07, 6.45) is 2.31. The van der Waals surface area contributed by atoms with Gasteiger partial charge >= 0.3 is 0 Å². The molecule has 94 valence electrons. The van der Waals surface area contributed by atoms with Crippen molar-refractivity contribution in [1.82, 2.24) is 5.32 Å². The van der Waals surface area contributed by atoms with Gasteiger partial charge in [-0.25, -0.2) is 0 Å². The molecule has 4 heteroatoms. The van der Waals surface area contributed by atoms with E-state index >= 15 is 0 Å². The molecule has 1 aliphatic heterocycles. The molecule has 1 heterocycles. The normalized spacial score (nSPS) is 22.2. The van der Waals surface area contributed by atoms with Gasteiger partial charge in [0.05, 0.1) is 11.5 Å². The second-order valence-electron chi connectivity index (χ2n) is 5.69. The topological polar surface area (TPSA) is 64.4 Å². The Bertz CT molecular complexity index is 250. The van der Waals surface area contributed by atoms with E-state index in [2.05, 4.69) is 5.32 Å². The summed E-state index contributed by atoms with van der Waals surface area (Å²) in [7, 11) is 0. The minimum atomic E-state index is -0.578. The van der Waals surface area contributed by atoms with E-state index < -0.39 is 11.0 Å². The van der Waals surface area contributed by atoms with Crippen LogP contribution in [-0.2, 0) is 9.53 Å². The minimum Gasteiger partial charge on any atom is -0.376 e. The maximum atomic E-state index is 12.0. The zero-order valence-electron chi connectivity index (χ0n) is 10.8. The number of carbonyl (C=O) groups excluding carboxylic acids is 1. The Morgan fingerprint density at radius 3 is 2.50 bits per heavy atom. The van der Waals surface area contributed by atoms with E-state index in [1.165, 1.54) is 0 Å². The molecule has 0 saturated carbocycles. The zero-order chi connectivity index (χ0) is 12.4. The summed E-state index contributed by atoms with van der Waals surface area (Å²) in [5.74, 6) is -0.00417. The molecule has 0 spiro atoms. The summed E-state index contributed by atoms with van der Waals surface area (Å²) in [6, 6.07) is 0. The molecular formula is C12H24N2O2. The predicted molar refractivity (Wildman–Crippen MR) is 64.0 cm³/mol. The van der Waals surface area contributed by atoms with Crippen LogP contribution < -0.4 is 11.1 Å². The van der Waals surface area contributed by atoms with Crippen LogP contribution in [0.15, 0.2) is 0 Å². The fourth-order valence-electron chi connectivity index (χ4n) is 1.53. The molecule has 1 unspecified atom stereocenters. The molecule has 0 aromatic heterocycles. The molecule has 16 heavy (non-hydrogen) atoms. The number of hydrogen-bond acceptors (Lipinski definition) is 3. The lowest BCUT2D eigenvalue weighted by Gasteiger charge is -2.37. The van der Waals surface area contributed by atoms with Crippen molar-refractivity contribution in [1.29, 1.82) is 0 Å². The van der Waals surface area contributed by atoms with Crippen molar-refractivity contribution in [3.8, 4) is 0 Å². The number of rotatable bonds is 4. The highest BCUT2D eigenvalue weighted by atomic mass is 16.5. The van der Waals surface area contributed by atoms with Gasteiger partial charge in [0.25, 0.3) is 0 Å². The Balaban J connectivity index is 2.45. The van der Waals surface area contributed by atoms with Crippen LogP contribution in [0.3, 0.4) is 0 Å². The third-order valence-electron chi connectivity index (χ3n) is 3.69. The maximum absolute atomic E-state index is 12.0. The van der Waals surface area contributed by atoms with Crippen LogP contribution in [0.1, 0.15) is 40.5 Å². The molecule has 1 saturated heterocycles. The Labute approximate surface area is 97.9 Å². The van der Waals surface area contributed by atoms with Crippen LogP contribution in [0.4, 0.5) is 0 Å². The molecule has 3 N–H and O–H groups in total. The second-order valence-corrected chi connectivity index (χ2v) is 5.69. The van der Waals surface area contributed by atoms with Crippen LogP contribution in [-0.4, -0.2) is 30.7 Å². The second kappa shape index (κ2) is 4.72. The van der Waals surface area contributed by atoms with Gasteiger partial charge < -0.3 is 15.8 Å². The van der Waals surface area contributed by atoms with Crippen LogP contribution in [0.2, 0.25) is 0 Å². The van der Waals surface area contributed by atoms with Crippen LogP contribution in [0.25, 0.3) is 0 Å². The third kappa shape index (κ3) is 2.95. The molecule has 0 aromatic rings. The van der Waals surface area contributed by atoms with Gasteiger partial charge in [0.2, 0.25) is 5.91 Å². The van der Waals surface area contributed by atoms with E-state index in [0.29, 0.717) is 6.54 Å². The van der Waals surface area contributed by atoms with E-state index in [1.54, 1.807) is 0 Å². The summed E-state index contributed by atoms with van der Waals surface area (Å²) in [6.45, 7) is 8.90. The number of nitrogens with two attached hydrogens (primary N) is 1. The van der Waals surface area contributed by atoms with E-state index in [4.69, 9.17) is 10.5 Å². The molecule has 4 nitrogen and oxygen atoms in total. The van der Waals surface area contributed by atoms with Gasteiger partial charge in [-0.05, 0) is 40.5 Å². The largest absolute Gasteiger partial charge is 0.376 e. The first-order chi connectivity index (χ1) is 7.25. The summed E-state index contributed by atoms with van der Waals surface area (Å²) in [5.41, 5.74) is 4.89. The molecule has 1 rings (SSSR count). The van der Waals surface area contributed by atoms with Crippen molar-refractivity contribution in [2.24, 2.45) is 11.1 Å². The summed E-state index contributed by atoms with van der Waals surface area (Å²) >= 11 is 0. The number of amides is 1. The molecular weight excluding hydrogens is 204 g/mol. The number of nitrogens with one attached hydrogen (secondary N) is 1. The maximum Gasteiger partial charge on any atom is 0.227 e. The van der Waals surface area contributed by atoms with Crippen LogP contribution in [0.5, 0.6) is 0 Å². The standard InChI is InChI=1S/C12H24N2O2/c1-11(2,12(3,4)13)10(15)14-8-9-6-5-7-16-9/h9H,5-8,13H2,1-4H3,(H,14,15). The number of carbonyl (C=O) groups is 1. The minimum absolute atomic E-state index is 0.00417. The summed E-state index contributed by atoms with van der Waals surface area (Å²) < 4.78 is 5.46. The molecule has 0 aliphatic carbocycles. The Hall–Kier alpha value is -0.610. The van der Waals surface area contributed by atoms with E-state index in [9.17, 15) is 4.79 Å². The van der Waals surface area contributed by atoms with Crippen molar-refractivity contribution in [2.45, 2.75) is 52.2 Å². The average Bonchev–Trinajstić information content (AvgIpc) is 2.64. The van der Waals surface area contributed by atoms with Crippen molar-refractivity contribution in [3.63, 3.8) is 0 Å². The van der Waals surface area contributed by atoms with E-state index in [1.807, 2.05) is 27.7 Å². The molecule has 1 amide bonds. The first kappa shape index (κ1) is 13.5. The monoisotopic (exact) mass is 228 g/mol. The fourth-order valence-corrected chi connectivity index (χ4v) is 1.53. The summed E-state index contributed by atoms with van der Waals surface area (Å²) in [4.78, 5) is 12.0. The van der Waals surface area contributed by atoms with Gasteiger partial charge in [-0.2, -0.15) is 0 Å². The highest BCUT2D eigenvalue weighted by Gasteiger charge is 2.40. The lowest BCUT2D eigenvalue weighted by Crippen LogP contribution is -2.56. The quantitative estimate of drug-likeness (QED) is 0.756. The Kier molecular flexibility index (Phi) is 3.97. The van der Waals surface area contributed by atoms with Gasteiger partial charge in [0.1, 0.15) is 0 Å². The Morgan fingerprint density at radius 1 is 1.44 bits per heavy atom. The van der Waals surface area contributed by atoms with Crippen LogP contribution >= 0.6 is 0 Å². The first-order valence-electron chi connectivity index (χ1n) is 5.94. The van der Waals surface area contributed by atoms with Crippen molar-refractivity contribution in [3.05, 3.63) is 0 Å². The smallest absolute Gasteiger partial charge is 0.227 e.